The number of nitrogens with zero attached hydrogens (tertiary/aromatic N) is 1. The van der Waals surface area contributed by atoms with Gasteiger partial charge in [0.15, 0.2) is 0 Å². The summed E-state index contributed by atoms with van der Waals surface area (Å²) in [6.07, 6.45) is 6.89. The largest absolute Gasteiger partial charge is 0.298 e. The summed E-state index contributed by atoms with van der Waals surface area (Å²) in [5.41, 5.74) is 0.973. The number of alkyl halides is 1. The van der Waals surface area contributed by atoms with E-state index >= 15 is 0 Å². The van der Waals surface area contributed by atoms with Crippen LogP contribution in [0.3, 0.4) is 0 Å². The molecule has 2 heteroatoms. The van der Waals surface area contributed by atoms with Crippen LogP contribution in [0.25, 0.3) is 0 Å². The molecular formula is C14H28BrN. The number of likely N-dealkylation sites (tertiary alicyclic amines) is 1. The van der Waals surface area contributed by atoms with Gasteiger partial charge < -0.3 is 0 Å². The topological polar surface area (TPSA) is 3.24 Å². The van der Waals surface area contributed by atoms with Crippen LogP contribution < -0.4 is 0 Å². The lowest BCUT2D eigenvalue weighted by Gasteiger charge is -2.45. The molecule has 1 saturated heterocycles. The predicted octanol–water partition coefficient (Wildman–Crippen LogP) is 4.45. The van der Waals surface area contributed by atoms with Crippen molar-refractivity contribution in [3.05, 3.63) is 0 Å². The van der Waals surface area contributed by atoms with E-state index in [9.17, 15) is 0 Å². The molecule has 0 spiro atoms. The zero-order valence-electron chi connectivity index (χ0n) is 11.5. The second kappa shape index (κ2) is 5.86. The van der Waals surface area contributed by atoms with Crippen molar-refractivity contribution >= 4 is 15.9 Å². The molecule has 0 amide bonds. The number of unbranched alkanes of at least 4 members (excludes halogenated alkanes) is 1. The Kier molecular flexibility index (Phi) is 5.31. The third kappa shape index (κ3) is 4.37. The summed E-state index contributed by atoms with van der Waals surface area (Å²) in [6.45, 7) is 12.1. The monoisotopic (exact) mass is 289 g/mol. The lowest BCUT2D eigenvalue weighted by Crippen LogP contribution is -2.48. The fourth-order valence-corrected chi connectivity index (χ4v) is 3.01. The second-order valence-corrected chi connectivity index (χ2v) is 7.41. The molecule has 96 valence electrons. The van der Waals surface area contributed by atoms with Gasteiger partial charge in [-0.2, -0.15) is 0 Å². The minimum atomic E-state index is 0.358. The molecule has 1 fully saturated rings. The highest BCUT2D eigenvalue weighted by Gasteiger charge is 2.33. The number of hydrogen-bond acceptors (Lipinski definition) is 1. The first-order chi connectivity index (χ1) is 7.37. The summed E-state index contributed by atoms with van der Waals surface area (Å²) < 4.78 is 0. The van der Waals surface area contributed by atoms with Crippen molar-refractivity contribution in [2.24, 2.45) is 5.41 Å². The maximum atomic E-state index is 3.52. The first kappa shape index (κ1) is 14.5. The SMILES string of the molecule is CC1(CCCCBr)CCN(C(C)(C)C)CC1. The van der Waals surface area contributed by atoms with Gasteiger partial charge in [0.1, 0.15) is 0 Å². The van der Waals surface area contributed by atoms with Gasteiger partial charge in [-0.3, -0.25) is 4.90 Å². The molecule has 0 aromatic heterocycles. The van der Waals surface area contributed by atoms with E-state index in [-0.39, 0.29) is 0 Å². The van der Waals surface area contributed by atoms with Gasteiger partial charge in [0.05, 0.1) is 0 Å². The van der Waals surface area contributed by atoms with Crippen LogP contribution >= 0.6 is 15.9 Å². The molecule has 1 rings (SSSR count). The molecule has 1 aliphatic heterocycles. The first-order valence-corrected chi connectivity index (χ1v) is 7.81. The van der Waals surface area contributed by atoms with Gasteiger partial charge in [-0.05, 0) is 65.0 Å². The van der Waals surface area contributed by atoms with Gasteiger partial charge in [-0.15, -0.1) is 0 Å². The minimum absolute atomic E-state index is 0.358. The second-order valence-electron chi connectivity index (χ2n) is 6.61. The van der Waals surface area contributed by atoms with E-state index in [1.165, 1.54) is 45.2 Å². The Balaban J connectivity index is 2.35. The summed E-state index contributed by atoms with van der Waals surface area (Å²) >= 11 is 3.52. The van der Waals surface area contributed by atoms with E-state index < -0.39 is 0 Å². The minimum Gasteiger partial charge on any atom is -0.298 e. The van der Waals surface area contributed by atoms with Gasteiger partial charge in [0, 0.05) is 10.9 Å². The Morgan fingerprint density at radius 2 is 1.69 bits per heavy atom. The van der Waals surface area contributed by atoms with Crippen LogP contribution in [0, 0.1) is 5.41 Å². The highest BCUT2D eigenvalue weighted by molar-refractivity contribution is 9.09. The average Bonchev–Trinajstić information content (AvgIpc) is 2.17. The quantitative estimate of drug-likeness (QED) is 0.546. The van der Waals surface area contributed by atoms with Crippen molar-refractivity contribution in [2.45, 2.75) is 65.3 Å². The van der Waals surface area contributed by atoms with Crippen molar-refractivity contribution in [2.75, 3.05) is 18.4 Å². The zero-order chi connectivity index (χ0) is 12.2. The van der Waals surface area contributed by atoms with Crippen LogP contribution in [0.4, 0.5) is 0 Å². The average molecular weight is 290 g/mol. The number of halogens is 1. The lowest BCUT2D eigenvalue weighted by molar-refractivity contribution is 0.0460. The highest BCUT2D eigenvalue weighted by atomic mass is 79.9. The summed E-state index contributed by atoms with van der Waals surface area (Å²) in [5.74, 6) is 0. The molecule has 16 heavy (non-hydrogen) atoms. The van der Waals surface area contributed by atoms with E-state index in [2.05, 4.69) is 48.5 Å². The third-order valence-electron chi connectivity index (χ3n) is 4.08. The van der Waals surface area contributed by atoms with Crippen molar-refractivity contribution in [1.82, 2.24) is 4.90 Å². The fourth-order valence-electron chi connectivity index (χ4n) is 2.61. The Bertz CT molecular complexity index is 199. The van der Waals surface area contributed by atoms with E-state index in [1.807, 2.05) is 0 Å². The molecule has 0 radical (unpaired) electrons. The molecule has 1 nitrogen and oxygen atoms in total. The Morgan fingerprint density at radius 3 is 2.12 bits per heavy atom. The Morgan fingerprint density at radius 1 is 1.12 bits per heavy atom. The summed E-state index contributed by atoms with van der Waals surface area (Å²) in [7, 11) is 0. The van der Waals surface area contributed by atoms with Crippen LogP contribution in [0.5, 0.6) is 0 Å². The molecule has 0 aromatic rings. The lowest BCUT2D eigenvalue weighted by atomic mass is 9.75. The van der Waals surface area contributed by atoms with Gasteiger partial charge in [0.2, 0.25) is 0 Å². The summed E-state index contributed by atoms with van der Waals surface area (Å²) in [6, 6.07) is 0. The molecule has 1 aliphatic rings. The van der Waals surface area contributed by atoms with Gasteiger partial charge in [0.25, 0.3) is 0 Å². The molecule has 0 saturated carbocycles. The normalized spacial score (nSPS) is 22.3. The Labute approximate surface area is 110 Å². The molecule has 0 atom stereocenters. The maximum Gasteiger partial charge on any atom is 0.0125 e. The first-order valence-electron chi connectivity index (χ1n) is 6.68. The number of hydrogen-bond donors (Lipinski definition) is 0. The van der Waals surface area contributed by atoms with Gasteiger partial charge in [-0.1, -0.05) is 29.3 Å². The van der Waals surface area contributed by atoms with E-state index in [0.717, 1.165) is 5.33 Å². The highest BCUT2D eigenvalue weighted by Crippen LogP contribution is 2.37. The Hall–Kier alpha value is 0.440. The van der Waals surface area contributed by atoms with Gasteiger partial charge in [-0.25, -0.2) is 0 Å². The van der Waals surface area contributed by atoms with Crippen LogP contribution in [-0.2, 0) is 0 Å². The van der Waals surface area contributed by atoms with Crippen molar-refractivity contribution in [3.63, 3.8) is 0 Å². The van der Waals surface area contributed by atoms with Gasteiger partial charge >= 0.3 is 0 Å². The van der Waals surface area contributed by atoms with Crippen LogP contribution in [0.15, 0.2) is 0 Å². The summed E-state index contributed by atoms with van der Waals surface area (Å²) in [4.78, 5) is 2.64. The smallest absolute Gasteiger partial charge is 0.0125 e. The van der Waals surface area contributed by atoms with Crippen LogP contribution in [0.1, 0.15) is 59.8 Å². The molecule has 0 bridgehead atoms. The van der Waals surface area contributed by atoms with Crippen molar-refractivity contribution in [1.29, 1.82) is 0 Å². The van der Waals surface area contributed by atoms with E-state index in [1.54, 1.807) is 0 Å². The third-order valence-corrected chi connectivity index (χ3v) is 4.64. The van der Waals surface area contributed by atoms with Crippen molar-refractivity contribution < 1.29 is 0 Å². The molecule has 1 heterocycles. The van der Waals surface area contributed by atoms with Crippen LogP contribution in [0.2, 0.25) is 0 Å². The van der Waals surface area contributed by atoms with E-state index in [4.69, 9.17) is 0 Å². The molecule has 0 aliphatic carbocycles. The molecule has 0 N–H and O–H groups in total. The maximum absolute atomic E-state index is 3.52. The molecule has 0 unspecified atom stereocenters. The summed E-state index contributed by atoms with van der Waals surface area (Å²) in [5, 5.41) is 1.16. The standard InChI is InChI=1S/C14H28BrN/c1-13(2,3)16-11-8-14(4,9-12-16)7-5-6-10-15/h5-12H2,1-4H3. The number of rotatable bonds is 4. The predicted molar refractivity (Wildman–Crippen MR) is 76.3 cm³/mol. The molecule has 0 aromatic carbocycles. The zero-order valence-corrected chi connectivity index (χ0v) is 13.1. The fraction of sp³-hybridized carbons (Fsp3) is 1.00. The van der Waals surface area contributed by atoms with Crippen LogP contribution in [-0.4, -0.2) is 28.9 Å². The van der Waals surface area contributed by atoms with Crippen molar-refractivity contribution in [3.8, 4) is 0 Å². The number of piperidine rings is 1. The van der Waals surface area contributed by atoms with E-state index in [0.29, 0.717) is 11.0 Å². The molecular weight excluding hydrogens is 262 g/mol.